The molecule has 0 amide bonds. The number of aromatic nitrogens is 1. The largest absolute Gasteiger partial charge is 0.308 e. The molecule has 0 fully saturated rings. The van der Waals surface area contributed by atoms with Crippen molar-refractivity contribution in [3.05, 3.63) is 30.1 Å². The van der Waals surface area contributed by atoms with Crippen molar-refractivity contribution in [3.63, 3.8) is 0 Å². The maximum atomic E-state index is 4.30. The van der Waals surface area contributed by atoms with Crippen LogP contribution in [0.3, 0.4) is 0 Å². The number of nitrogens with zero attached hydrogens (tertiary/aromatic N) is 2. The monoisotopic (exact) mass is 193 g/mol. The van der Waals surface area contributed by atoms with Crippen LogP contribution in [-0.2, 0) is 0 Å². The minimum Gasteiger partial charge on any atom is -0.308 e. The molecule has 3 nitrogen and oxygen atoms in total. The van der Waals surface area contributed by atoms with Crippen molar-refractivity contribution in [2.45, 2.75) is 13.0 Å². The van der Waals surface area contributed by atoms with Gasteiger partial charge in [-0.25, -0.2) is 0 Å². The van der Waals surface area contributed by atoms with Crippen LogP contribution < -0.4 is 5.32 Å². The zero-order chi connectivity index (χ0) is 10.4. The Balaban J connectivity index is 2.32. The van der Waals surface area contributed by atoms with Gasteiger partial charge in [0.1, 0.15) is 0 Å². The average Bonchev–Trinajstić information content (AvgIpc) is 2.18. The number of likely N-dealkylation sites (N-methyl/N-ethyl adjacent to an activating group) is 1. The van der Waals surface area contributed by atoms with Crippen molar-refractivity contribution in [1.82, 2.24) is 15.2 Å². The standard InChI is InChI=1S/C11H19N3/c1-10(12-8-9-14(2)3)11-6-4-5-7-13-11/h4-7,10,12H,8-9H2,1-3H3/t10-/m1/s1. The summed E-state index contributed by atoms with van der Waals surface area (Å²) in [5.74, 6) is 0. The third-order valence-electron chi connectivity index (χ3n) is 2.14. The van der Waals surface area contributed by atoms with Crippen molar-refractivity contribution in [2.24, 2.45) is 0 Å². The van der Waals surface area contributed by atoms with Crippen LogP contribution in [0.1, 0.15) is 18.7 Å². The van der Waals surface area contributed by atoms with Gasteiger partial charge in [-0.2, -0.15) is 0 Å². The molecule has 0 aliphatic carbocycles. The number of hydrogen-bond acceptors (Lipinski definition) is 3. The molecule has 0 saturated heterocycles. The summed E-state index contributed by atoms with van der Waals surface area (Å²) < 4.78 is 0. The van der Waals surface area contributed by atoms with E-state index < -0.39 is 0 Å². The first-order valence-electron chi connectivity index (χ1n) is 4.99. The van der Waals surface area contributed by atoms with Gasteiger partial charge in [-0.1, -0.05) is 6.07 Å². The van der Waals surface area contributed by atoms with Gasteiger partial charge in [0.15, 0.2) is 0 Å². The number of nitrogens with one attached hydrogen (secondary N) is 1. The normalized spacial score (nSPS) is 13.1. The van der Waals surface area contributed by atoms with Crippen LogP contribution in [0.2, 0.25) is 0 Å². The van der Waals surface area contributed by atoms with Crippen LogP contribution in [0.5, 0.6) is 0 Å². The van der Waals surface area contributed by atoms with Crippen LogP contribution >= 0.6 is 0 Å². The van der Waals surface area contributed by atoms with Gasteiger partial charge < -0.3 is 10.2 Å². The summed E-state index contributed by atoms with van der Waals surface area (Å²) in [7, 11) is 4.15. The number of pyridine rings is 1. The fraction of sp³-hybridized carbons (Fsp3) is 0.545. The lowest BCUT2D eigenvalue weighted by atomic mass is 10.2. The Morgan fingerprint density at radius 2 is 2.21 bits per heavy atom. The van der Waals surface area contributed by atoms with Crippen molar-refractivity contribution in [3.8, 4) is 0 Å². The maximum Gasteiger partial charge on any atom is 0.0570 e. The summed E-state index contributed by atoms with van der Waals surface area (Å²) in [6.45, 7) is 4.18. The minimum absolute atomic E-state index is 0.330. The highest BCUT2D eigenvalue weighted by Gasteiger charge is 2.04. The molecule has 0 unspecified atom stereocenters. The lowest BCUT2D eigenvalue weighted by Gasteiger charge is -2.15. The van der Waals surface area contributed by atoms with Crippen LogP contribution in [0.15, 0.2) is 24.4 Å². The zero-order valence-electron chi connectivity index (χ0n) is 9.20. The minimum atomic E-state index is 0.330. The molecule has 1 atom stereocenters. The fourth-order valence-electron chi connectivity index (χ4n) is 1.24. The first-order valence-corrected chi connectivity index (χ1v) is 4.99. The lowest BCUT2D eigenvalue weighted by molar-refractivity contribution is 0.388. The molecule has 14 heavy (non-hydrogen) atoms. The molecule has 1 aromatic rings. The number of hydrogen-bond donors (Lipinski definition) is 1. The molecule has 1 heterocycles. The van der Waals surface area contributed by atoms with Crippen LogP contribution in [0.4, 0.5) is 0 Å². The molecule has 78 valence electrons. The summed E-state index contributed by atoms with van der Waals surface area (Å²) in [5, 5.41) is 3.43. The molecule has 0 aliphatic heterocycles. The molecule has 0 spiro atoms. The molecule has 0 saturated carbocycles. The van der Waals surface area contributed by atoms with E-state index in [4.69, 9.17) is 0 Å². The van der Waals surface area contributed by atoms with E-state index in [2.05, 4.69) is 36.2 Å². The summed E-state index contributed by atoms with van der Waals surface area (Å²) in [6, 6.07) is 6.34. The molecule has 0 aliphatic rings. The van der Waals surface area contributed by atoms with Gasteiger partial charge in [-0.05, 0) is 33.2 Å². The summed E-state index contributed by atoms with van der Waals surface area (Å²) in [5.41, 5.74) is 1.10. The quantitative estimate of drug-likeness (QED) is 0.764. The van der Waals surface area contributed by atoms with Crippen molar-refractivity contribution >= 4 is 0 Å². The SMILES string of the molecule is C[C@@H](NCCN(C)C)c1ccccn1. The summed E-state index contributed by atoms with van der Waals surface area (Å²) >= 11 is 0. The third kappa shape index (κ3) is 3.85. The van der Waals surface area contributed by atoms with E-state index in [9.17, 15) is 0 Å². The summed E-state index contributed by atoms with van der Waals surface area (Å²) in [4.78, 5) is 6.47. The van der Waals surface area contributed by atoms with Crippen molar-refractivity contribution in [1.29, 1.82) is 0 Å². The molecule has 1 rings (SSSR count). The second-order valence-corrected chi connectivity index (χ2v) is 3.73. The van der Waals surface area contributed by atoms with Gasteiger partial charge in [0, 0.05) is 25.3 Å². The van der Waals surface area contributed by atoms with E-state index in [1.807, 2.05) is 24.4 Å². The van der Waals surface area contributed by atoms with E-state index in [1.165, 1.54) is 0 Å². The fourth-order valence-corrected chi connectivity index (χ4v) is 1.24. The van der Waals surface area contributed by atoms with E-state index in [1.54, 1.807) is 0 Å². The van der Waals surface area contributed by atoms with Gasteiger partial charge >= 0.3 is 0 Å². The Morgan fingerprint density at radius 3 is 2.79 bits per heavy atom. The third-order valence-corrected chi connectivity index (χ3v) is 2.14. The molecule has 1 N–H and O–H groups in total. The topological polar surface area (TPSA) is 28.2 Å². The van der Waals surface area contributed by atoms with E-state index in [0.29, 0.717) is 6.04 Å². The first-order chi connectivity index (χ1) is 6.70. The smallest absolute Gasteiger partial charge is 0.0570 e. The van der Waals surface area contributed by atoms with E-state index >= 15 is 0 Å². The second kappa shape index (κ2) is 5.73. The van der Waals surface area contributed by atoms with E-state index in [0.717, 1.165) is 18.8 Å². The van der Waals surface area contributed by atoms with Gasteiger partial charge in [0.25, 0.3) is 0 Å². The molecule has 3 heteroatoms. The molecular formula is C11H19N3. The van der Waals surface area contributed by atoms with Crippen molar-refractivity contribution in [2.75, 3.05) is 27.2 Å². The van der Waals surface area contributed by atoms with Crippen molar-refractivity contribution < 1.29 is 0 Å². The Morgan fingerprint density at radius 1 is 1.43 bits per heavy atom. The van der Waals surface area contributed by atoms with Crippen LogP contribution in [-0.4, -0.2) is 37.1 Å². The van der Waals surface area contributed by atoms with Gasteiger partial charge in [0.05, 0.1) is 5.69 Å². The predicted octanol–water partition coefficient (Wildman–Crippen LogP) is 1.29. The Kier molecular flexibility index (Phi) is 4.56. The van der Waals surface area contributed by atoms with Gasteiger partial charge in [-0.3, -0.25) is 4.98 Å². The van der Waals surface area contributed by atoms with E-state index in [-0.39, 0.29) is 0 Å². The first kappa shape index (κ1) is 11.1. The van der Waals surface area contributed by atoms with Crippen LogP contribution in [0, 0.1) is 0 Å². The Hall–Kier alpha value is -0.930. The second-order valence-electron chi connectivity index (χ2n) is 3.73. The highest BCUT2D eigenvalue weighted by molar-refractivity contribution is 5.07. The maximum absolute atomic E-state index is 4.30. The average molecular weight is 193 g/mol. The highest BCUT2D eigenvalue weighted by Crippen LogP contribution is 2.06. The summed E-state index contributed by atoms with van der Waals surface area (Å²) in [6.07, 6.45) is 1.83. The van der Waals surface area contributed by atoms with Crippen LogP contribution in [0.25, 0.3) is 0 Å². The Labute approximate surface area is 86.2 Å². The number of rotatable bonds is 5. The van der Waals surface area contributed by atoms with Gasteiger partial charge in [0.2, 0.25) is 0 Å². The molecule has 0 bridgehead atoms. The highest BCUT2D eigenvalue weighted by atomic mass is 15.1. The lowest BCUT2D eigenvalue weighted by Crippen LogP contribution is -2.28. The molecular weight excluding hydrogens is 174 g/mol. The molecule has 1 aromatic heterocycles. The zero-order valence-corrected chi connectivity index (χ0v) is 9.20. The molecule has 0 radical (unpaired) electrons. The predicted molar refractivity (Wildman–Crippen MR) is 59.2 cm³/mol. The molecule has 0 aromatic carbocycles. The van der Waals surface area contributed by atoms with Gasteiger partial charge in [-0.15, -0.1) is 0 Å². The Bertz CT molecular complexity index is 246.